The first-order valence-corrected chi connectivity index (χ1v) is 7.71. The van der Waals surface area contributed by atoms with Gasteiger partial charge in [0.25, 0.3) is 0 Å². The number of rotatable bonds is 5. The summed E-state index contributed by atoms with van der Waals surface area (Å²) in [6, 6.07) is 2.00. The summed E-state index contributed by atoms with van der Waals surface area (Å²) in [4.78, 5) is 11.9. The van der Waals surface area contributed by atoms with E-state index in [0.29, 0.717) is 18.3 Å². The molecule has 1 saturated carbocycles. The Morgan fingerprint density at radius 2 is 2.10 bits per heavy atom. The van der Waals surface area contributed by atoms with Crippen LogP contribution in [0.2, 0.25) is 0 Å². The maximum Gasteiger partial charge on any atom is 0.229 e. The lowest BCUT2D eigenvalue weighted by atomic mass is 9.97. The maximum atomic E-state index is 11.9. The molecule has 0 radical (unpaired) electrons. The summed E-state index contributed by atoms with van der Waals surface area (Å²) in [5.41, 5.74) is 1.17. The molecule has 5 heteroatoms. The number of aromatic amines is 1. The predicted octanol–water partition coefficient (Wildman–Crippen LogP) is 2.64. The largest absolute Gasteiger partial charge is 0.319 e. The second kappa shape index (κ2) is 7.43. The summed E-state index contributed by atoms with van der Waals surface area (Å²) >= 11 is 0. The number of nitrogens with one attached hydrogen (secondary N) is 3. The zero-order chi connectivity index (χ0) is 14.4. The summed E-state index contributed by atoms with van der Waals surface area (Å²) in [6.45, 7) is 2.58. The van der Waals surface area contributed by atoms with Crippen LogP contribution in [0.5, 0.6) is 0 Å². The summed E-state index contributed by atoms with van der Waals surface area (Å²) in [7, 11) is 1.85. The molecule has 1 fully saturated rings. The van der Waals surface area contributed by atoms with Gasteiger partial charge in [0.2, 0.25) is 5.91 Å². The van der Waals surface area contributed by atoms with Crippen LogP contribution in [0.3, 0.4) is 0 Å². The third-order valence-electron chi connectivity index (χ3n) is 4.10. The van der Waals surface area contributed by atoms with Crippen molar-refractivity contribution in [3.05, 3.63) is 11.8 Å². The molecule has 1 aromatic rings. The lowest BCUT2D eigenvalue weighted by Crippen LogP contribution is -2.28. The average molecular weight is 278 g/mol. The fourth-order valence-electron chi connectivity index (χ4n) is 2.85. The minimum Gasteiger partial charge on any atom is -0.319 e. The Labute approximate surface area is 120 Å². The lowest BCUT2D eigenvalue weighted by Gasteiger charge is -2.11. The molecule has 0 aromatic carbocycles. The first-order valence-electron chi connectivity index (χ1n) is 7.71. The molecule has 0 aliphatic heterocycles. The van der Waals surface area contributed by atoms with E-state index in [0.717, 1.165) is 0 Å². The summed E-state index contributed by atoms with van der Waals surface area (Å²) in [6.07, 6.45) is 7.73. The SMILES string of the molecule is CNCC(C)C(=O)Nc1cc(C2CCCCCC2)[nH]n1. The monoisotopic (exact) mass is 278 g/mol. The Bertz CT molecular complexity index is 421. The number of anilines is 1. The van der Waals surface area contributed by atoms with Crippen LogP contribution in [-0.4, -0.2) is 29.7 Å². The topological polar surface area (TPSA) is 69.8 Å². The van der Waals surface area contributed by atoms with E-state index in [4.69, 9.17) is 0 Å². The van der Waals surface area contributed by atoms with Gasteiger partial charge in [-0.2, -0.15) is 5.10 Å². The number of hydrogen-bond acceptors (Lipinski definition) is 3. The normalized spacial score (nSPS) is 18.5. The van der Waals surface area contributed by atoms with Crippen molar-refractivity contribution in [2.75, 3.05) is 18.9 Å². The molecular formula is C15H26N4O. The van der Waals surface area contributed by atoms with Crippen molar-refractivity contribution < 1.29 is 4.79 Å². The van der Waals surface area contributed by atoms with Crippen molar-refractivity contribution in [3.8, 4) is 0 Å². The summed E-state index contributed by atoms with van der Waals surface area (Å²) in [5, 5.41) is 13.2. The number of amides is 1. The minimum absolute atomic E-state index is 0.0123. The van der Waals surface area contributed by atoms with Gasteiger partial charge in [-0.25, -0.2) is 0 Å². The van der Waals surface area contributed by atoms with Crippen LogP contribution in [0.1, 0.15) is 57.1 Å². The summed E-state index contributed by atoms with van der Waals surface area (Å²) in [5.74, 6) is 1.18. The molecule has 0 saturated heterocycles. The Hall–Kier alpha value is -1.36. The van der Waals surface area contributed by atoms with E-state index in [1.807, 2.05) is 20.0 Å². The molecule has 0 bridgehead atoms. The highest BCUT2D eigenvalue weighted by atomic mass is 16.1. The van der Waals surface area contributed by atoms with Crippen molar-refractivity contribution in [2.24, 2.45) is 5.92 Å². The number of H-pyrrole nitrogens is 1. The number of aromatic nitrogens is 2. The Kier molecular flexibility index (Phi) is 5.59. The van der Waals surface area contributed by atoms with E-state index < -0.39 is 0 Å². The highest BCUT2D eigenvalue weighted by Crippen LogP contribution is 2.31. The zero-order valence-electron chi connectivity index (χ0n) is 12.5. The number of carbonyl (C=O) groups is 1. The average Bonchev–Trinajstić information content (AvgIpc) is 2.73. The van der Waals surface area contributed by atoms with Gasteiger partial charge < -0.3 is 10.6 Å². The Morgan fingerprint density at radius 3 is 2.75 bits per heavy atom. The molecule has 2 rings (SSSR count). The molecule has 5 nitrogen and oxygen atoms in total. The smallest absolute Gasteiger partial charge is 0.229 e. The molecule has 1 heterocycles. The van der Waals surface area contributed by atoms with Gasteiger partial charge in [-0.15, -0.1) is 0 Å². The van der Waals surface area contributed by atoms with Crippen molar-refractivity contribution in [3.63, 3.8) is 0 Å². The fourth-order valence-corrected chi connectivity index (χ4v) is 2.85. The molecule has 1 amide bonds. The molecule has 3 N–H and O–H groups in total. The van der Waals surface area contributed by atoms with Crippen LogP contribution >= 0.6 is 0 Å². The lowest BCUT2D eigenvalue weighted by molar-refractivity contribution is -0.119. The molecule has 1 atom stereocenters. The predicted molar refractivity (Wildman–Crippen MR) is 80.8 cm³/mol. The number of nitrogens with zero attached hydrogens (tertiary/aromatic N) is 1. The van der Waals surface area contributed by atoms with Crippen LogP contribution in [-0.2, 0) is 4.79 Å². The van der Waals surface area contributed by atoms with Gasteiger partial charge in [0.1, 0.15) is 0 Å². The molecule has 112 valence electrons. The minimum atomic E-state index is -0.0574. The fraction of sp³-hybridized carbons (Fsp3) is 0.733. The number of carbonyl (C=O) groups excluding carboxylic acids is 1. The second-order valence-electron chi connectivity index (χ2n) is 5.84. The van der Waals surface area contributed by atoms with Crippen LogP contribution in [0.15, 0.2) is 6.07 Å². The van der Waals surface area contributed by atoms with Crippen LogP contribution in [0, 0.1) is 5.92 Å². The Morgan fingerprint density at radius 1 is 1.40 bits per heavy atom. The highest BCUT2D eigenvalue weighted by Gasteiger charge is 2.18. The van der Waals surface area contributed by atoms with Gasteiger partial charge in [0.05, 0.1) is 0 Å². The first kappa shape index (κ1) is 15.0. The van der Waals surface area contributed by atoms with Crippen molar-refractivity contribution in [1.82, 2.24) is 15.5 Å². The van der Waals surface area contributed by atoms with E-state index in [2.05, 4.69) is 20.8 Å². The zero-order valence-corrected chi connectivity index (χ0v) is 12.5. The molecule has 20 heavy (non-hydrogen) atoms. The van der Waals surface area contributed by atoms with Gasteiger partial charge in [-0.05, 0) is 19.9 Å². The van der Waals surface area contributed by atoms with Gasteiger partial charge in [0.15, 0.2) is 5.82 Å². The maximum absolute atomic E-state index is 11.9. The van der Waals surface area contributed by atoms with Crippen molar-refractivity contribution in [2.45, 2.75) is 51.4 Å². The van der Waals surface area contributed by atoms with E-state index in [9.17, 15) is 4.79 Å². The third kappa shape index (κ3) is 4.07. The van der Waals surface area contributed by atoms with E-state index in [1.54, 1.807) is 0 Å². The first-order chi connectivity index (χ1) is 9.70. The second-order valence-corrected chi connectivity index (χ2v) is 5.84. The third-order valence-corrected chi connectivity index (χ3v) is 4.10. The van der Waals surface area contributed by atoms with Crippen LogP contribution < -0.4 is 10.6 Å². The van der Waals surface area contributed by atoms with E-state index in [-0.39, 0.29) is 11.8 Å². The molecule has 1 aliphatic carbocycles. The molecule has 1 aromatic heterocycles. The van der Waals surface area contributed by atoms with E-state index >= 15 is 0 Å². The van der Waals surface area contributed by atoms with Crippen molar-refractivity contribution >= 4 is 11.7 Å². The van der Waals surface area contributed by atoms with E-state index in [1.165, 1.54) is 44.2 Å². The van der Waals surface area contributed by atoms with Gasteiger partial charge in [0, 0.05) is 30.1 Å². The van der Waals surface area contributed by atoms with Gasteiger partial charge in [-0.3, -0.25) is 9.89 Å². The van der Waals surface area contributed by atoms with Crippen LogP contribution in [0.25, 0.3) is 0 Å². The van der Waals surface area contributed by atoms with Crippen molar-refractivity contribution in [1.29, 1.82) is 0 Å². The molecule has 1 aliphatic rings. The van der Waals surface area contributed by atoms with Gasteiger partial charge in [-0.1, -0.05) is 32.6 Å². The molecule has 0 spiro atoms. The van der Waals surface area contributed by atoms with Crippen LogP contribution in [0.4, 0.5) is 5.82 Å². The molecule has 1 unspecified atom stereocenters. The molecular weight excluding hydrogens is 252 g/mol. The highest BCUT2D eigenvalue weighted by molar-refractivity contribution is 5.91. The Balaban J connectivity index is 1.92. The summed E-state index contributed by atoms with van der Waals surface area (Å²) < 4.78 is 0. The van der Waals surface area contributed by atoms with Gasteiger partial charge >= 0.3 is 0 Å². The number of hydrogen-bond donors (Lipinski definition) is 3. The quantitative estimate of drug-likeness (QED) is 0.725. The standard InChI is InChI=1S/C15H26N4O/c1-11(10-16-2)15(20)17-14-9-13(18-19-14)12-7-5-3-4-6-8-12/h9,11-12,16H,3-8,10H2,1-2H3,(H2,17,18,19,20).